The Hall–Kier alpha value is -0.530. The molecule has 0 heterocycles. The molecule has 2 nitrogen and oxygen atoms in total. The van der Waals surface area contributed by atoms with Crippen LogP contribution in [0.4, 0.5) is 0 Å². The van der Waals surface area contributed by atoms with E-state index in [0.717, 1.165) is 12.8 Å². The molecule has 126 valence electrons. The van der Waals surface area contributed by atoms with Crippen LogP contribution in [0.2, 0.25) is 0 Å². The Bertz CT molecular complexity index is 226. The van der Waals surface area contributed by atoms with Crippen molar-refractivity contribution in [2.24, 2.45) is 5.92 Å². The van der Waals surface area contributed by atoms with Crippen LogP contribution in [0.3, 0.4) is 0 Å². The average molecular weight is 299 g/mol. The highest BCUT2D eigenvalue weighted by molar-refractivity contribution is 5.69. The van der Waals surface area contributed by atoms with Gasteiger partial charge in [-0.1, -0.05) is 78.6 Å². The van der Waals surface area contributed by atoms with Crippen LogP contribution in [-0.2, 0) is 9.53 Å². The Morgan fingerprint density at radius 2 is 1.33 bits per heavy atom. The standard InChI is InChI=1S/C19H38O2/c1-4-7-10-12-15-18(14-9-6-3)17-21-19(20)16-13-11-8-5-2/h18H,4-17H2,1-3H3. The Morgan fingerprint density at radius 3 is 1.95 bits per heavy atom. The number of hydrogen-bond acceptors (Lipinski definition) is 2. The van der Waals surface area contributed by atoms with Gasteiger partial charge in [0.1, 0.15) is 0 Å². The maximum absolute atomic E-state index is 11.7. The summed E-state index contributed by atoms with van der Waals surface area (Å²) >= 11 is 0. The lowest BCUT2D eigenvalue weighted by atomic mass is 9.96. The van der Waals surface area contributed by atoms with Gasteiger partial charge in [0.05, 0.1) is 6.61 Å². The molecular formula is C19H38O2. The molecule has 1 unspecified atom stereocenters. The summed E-state index contributed by atoms with van der Waals surface area (Å²) in [5, 5.41) is 0. The van der Waals surface area contributed by atoms with Crippen LogP contribution >= 0.6 is 0 Å². The lowest BCUT2D eigenvalue weighted by molar-refractivity contribution is -0.145. The van der Waals surface area contributed by atoms with Gasteiger partial charge in [-0.15, -0.1) is 0 Å². The van der Waals surface area contributed by atoms with Gasteiger partial charge in [-0.3, -0.25) is 4.79 Å². The van der Waals surface area contributed by atoms with Crippen molar-refractivity contribution in [2.45, 2.75) is 104 Å². The molecule has 2 heteroatoms. The van der Waals surface area contributed by atoms with Gasteiger partial charge in [0.15, 0.2) is 0 Å². The van der Waals surface area contributed by atoms with Gasteiger partial charge in [0.25, 0.3) is 0 Å². The summed E-state index contributed by atoms with van der Waals surface area (Å²) in [7, 11) is 0. The van der Waals surface area contributed by atoms with E-state index in [9.17, 15) is 4.79 Å². The Morgan fingerprint density at radius 1 is 0.762 bits per heavy atom. The lowest BCUT2D eigenvalue weighted by Crippen LogP contribution is -2.14. The topological polar surface area (TPSA) is 26.3 Å². The zero-order valence-electron chi connectivity index (χ0n) is 14.8. The zero-order chi connectivity index (χ0) is 15.8. The van der Waals surface area contributed by atoms with Gasteiger partial charge in [-0.2, -0.15) is 0 Å². The lowest BCUT2D eigenvalue weighted by Gasteiger charge is -2.16. The third kappa shape index (κ3) is 14.2. The molecule has 21 heavy (non-hydrogen) atoms. The van der Waals surface area contributed by atoms with Crippen molar-refractivity contribution in [3.63, 3.8) is 0 Å². The van der Waals surface area contributed by atoms with E-state index >= 15 is 0 Å². The zero-order valence-corrected chi connectivity index (χ0v) is 14.8. The number of rotatable bonds is 15. The Balaban J connectivity index is 3.78. The molecule has 0 aromatic heterocycles. The van der Waals surface area contributed by atoms with E-state index in [0.29, 0.717) is 18.9 Å². The first kappa shape index (κ1) is 20.5. The van der Waals surface area contributed by atoms with E-state index in [1.807, 2.05) is 0 Å². The number of carbonyl (C=O) groups excluding carboxylic acids is 1. The molecule has 0 amide bonds. The summed E-state index contributed by atoms with van der Waals surface area (Å²) in [4.78, 5) is 11.7. The van der Waals surface area contributed by atoms with Crippen LogP contribution < -0.4 is 0 Å². The quantitative estimate of drug-likeness (QED) is 0.263. The van der Waals surface area contributed by atoms with Crippen LogP contribution in [0.5, 0.6) is 0 Å². The highest BCUT2D eigenvalue weighted by atomic mass is 16.5. The van der Waals surface area contributed by atoms with Crippen LogP contribution in [0.1, 0.15) is 104 Å². The van der Waals surface area contributed by atoms with Gasteiger partial charge in [0, 0.05) is 6.42 Å². The minimum absolute atomic E-state index is 0.0150. The first-order valence-electron chi connectivity index (χ1n) is 9.40. The molecular weight excluding hydrogens is 260 g/mol. The molecule has 0 aliphatic rings. The van der Waals surface area contributed by atoms with E-state index in [1.54, 1.807) is 0 Å². The predicted molar refractivity (Wildman–Crippen MR) is 91.5 cm³/mol. The van der Waals surface area contributed by atoms with Crippen molar-refractivity contribution < 1.29 is 9.53 Å². The van der Waals surface area contributed by atoms with Crippen LogP contribution in [-0.4, -0.2) is 12.6 Å². The van der Waals surface area contributed by atoms with Crippen LogP contribution in [0.15, 0.2) is 0 Å². The van der Waals surface area contributed by atoms with E-state index in [2.05, 4.69) is 20.8 Å². The highest BCUT2D eigenvalue weighted by Gasteiger charge is 2.11. The molecule has 1 atom stereocenters. The van der Waals surface area contributed by atoms with Gasteiger partial charge >= 0.3 is 5.97 Å². The maximum Gasteiger partial charge on any atom is 0.305 e. The van der Waals surface area contributed by atoms with Crippen molar-refractivity contribution in [1.82, 2.24) is 0 Å². The molecule has 0 aromatic rings. The summed E-state index contributed by atoms with van der Waals surface area (Å²) in [6.45, 7) is 7.32. The molecule has 0 fully saturated rings. The van der Waals surface area contributed by atoms with Crippen molar-refractivity contribution >= 4 is 5.97 Å². The first-order chi connectivity index (χ1) is 10.2. The number of carbonyl (C=O) groups is 1. The molecule has 0 aliphatic heterocycles. The second kappa shape index (κ2) is 15.9. The van der Waals surface area contributed by atoms with E-state index < -0.39 is 0 Å². The maximum atomic E-state index is 11.7. The summed E-state index contributed by atoms with van der Waals surface area (Å²) in [5.41, 5.74) is 0. The molecule has 0 aromatic carbocycles. The predicted octanol–water partition coefficient (Wildman–Crippen LogP) is 6.28. The van der Waals surface area contributed by atoms with E-state index in [1.165, 1.54) is 64.2 Å². The number of esters is 1. The number of ether oxygens (including phenoxy) is 1. The largest absolute Gasteiger partial charge is 0.465 e. The molecule has 0 N–H and O–H groups in total. The summed E-state index contributed by atoms with van der Waals surface area (Å²) in [6.07, 6.45) is 15.3. The molecule has 0 saturated carbocycles. The fourth-order valence-corrected chi connectivity index (χ4v) is 2.64. The Kier molecular flexibility index (Phi) is 15.5. The smallest absolute Gasteiger partial charge is 0.305 e. The summed E-state index contributed by atoms with van der Waals surface area (Å²) in [6, 6.07) is 0. The van der Waals surface area contributed by atoms with Gasteiger partial charge < -0.3 is 4.74 Å². The second-order valence-corrected chi connectivity index (χ2v) is 6.35. The third-order valence-electron chi connectivity index (χ3n) is 4.15. The SMILES string of the molecule is CCCCCCC(=O)OCC(CCCC)CCCCCC. The van der Waals surface area contributed by atoms with Gasteiger partial charge in [-0.25, -0.2) is 0 Å². The molecule has 0 saturated heterocycles. The van der Waals surface area contributed by atoms with E-state index in [4.69, 9.17) is 4.74 Å². The number of unbranched alkanes of at least 4 members (excludes halogenated alkanes) is 7. The van der Waals surface area contributed by atoms with Gasteiger partial charge in [0.2, 0.25) is 0 Å². The van der Waals surface area contributed by atoms with E-state index in [-0.39, 0.29) is 5.97 Å². The van der Waals surface area contributed by atoms with Crippen LogP contribution in [0.25, 0.3) is 0 Å². The average Bonchev–Trinajstić information content (AvgIpc) is 2.50. The molecule has 0 rings (SSSR count). The minimum Gasteiger partial charge on any atom is -0.465 e. The van der Waals surface area contributed by atoms with Gasteiger partial charge in [-0.05, 0) is 25.2 Å². The summed E-state index contributed by atoms with van der Waals surface area (Å²) in [5.74, 6) is 0.600. The molecule has 0 spiro atoms. The fourth-order valence-electron chi connectivity index (χ4n) is 2.64. The van der Waals surface area contributed by atoms with Crippen molar-refractivity contribution in [3.05, 3.63) is 0 Å². The highest BCUT2D eigenvalue weighted by Crippen LogP contribution is 2.18. The number of hydrogen-bond donors (Lipinski definition) is 0. The fraction of sp³-hybridized carbons (Fsp3) is 0.947. The second-order valence-electron chi connectivity index (χ2n) is 6.35. The first-order valence-corrected chi connectivity index (χ1v) is 9.40. The van der Waals surface area contributed by atoms with Crippen molar-refractivity contribution in [3.8, 4) is 0 Å². The molecule has 0 aliphatic carbocycles. The third-order valence-corrected chi connectivity index (χ3v) is 4.15. The molecule has 0 bridgehead atoms. The van der Waals surface area contributed by atoms with Crippen LogP contribution in [0, 0.1) is 5.92 Å². The Labute approximate surface area is 133 Å². The minimum atomic E-state index is 0.0150. The summed E-state index contributed by atoms with van der Waals surface area (Å²) < 4.78 is 5.50. The monoisotopic (exact) mass is 298 g/mol. The normalized spacial score (nSPS) is 12.3. The van der Waals surface area contributed by atoms with Crippen molar-refractivity contribution in [2.75, 3.05) is 6.61 Å². The molecule has 0 radical (unpaired) electrons. The van der Waals surface area contributed by atoms with Crippen molar-refractivity contribution in [1.29, 1.82) is 0 Å².